The lowest BCUT2D eigenvalue weighted by Gasteiger charge is -2.22. The first-order valence-corrected chi connectivity index (χ1v) is 2.85. The molecule has 10 heavy (non-hydrogen) atoms. The molecule has 1 fully saturated rings. The fraction of sp³-hybridized carbons (Fsp3) is 0.800. The molecule has 0 unspecified atom stereocenters. The molecule has 1 amide bonds. The Morgan fingerprint density at radius 1 is 1.70 bits per heavy atom. The Balaban J connectivity index is 2.39. The molecule has 5 heteroatoms. The molecule has 58 valence electrons. The van der Waals surface area contributed by atoms with E-state index in [1.165, 1.54) is 0 Å². The summed E-state index contributed by atoms with van der Waals surface area (Å²) in [4.78, 5) is 10.4. The van der Waals surface area contributed by atoms with E-state index in [9.17, 15) is 13.6 Å². The highest BCUT2D eigenvalue weighted by molar-refractivity contribution is 5.78. The smallest absolute Gasteiger partial charge is 0.260 e. The Morgan fingerprint density at radius 3 is 2.80 bits per heavy atom. The molecule has 1 saturated heterocycles. The van der Waals surface area contributed by atoms with E-state index < -0.39 is 18.4 Å². The van der Waals surface area contributed by atoms with E-state index in [2.05, 4.69) is 10.1 Å². The minimum Gasteiger partial charge on any atom is -0.369 e. The van der Waals surface area contributed by atoms with E-state index in [1.807, 2.05) is 0 Å². The molecule has 1 N–H and O–H groups in total. The quantitative estimate of drug-likeness (QED) is 0.562. The van der Waals surface area contributed by atoms with Crippen LogP contribution in [0.25, 0.3) is 0 Å². The van der Waals surface area contributed by atoms with Crippen molar-refractivity contribution in [1.29, 1.82) is 0 Å². The number of carbonyl (C=O) groups is 1. The zero-order valence-electron chi connectivity index (χ0n) is 5.14. The number of morpholine rings is 1. The van der Waals surface area contributed by atoms with Crippen molar-refractivity contribution in [2.75, 3.05) is 13.2 Å². The topological polar surface area (TPSA) is 38.3 Å². The van der Waals surface area contributed by atoms with Crippen molar-refractivity contribution in [3.63, 3.8) is 0 Å². The lowest BCUT2D eigenvalue weighted by molar-refractivity contribution is -0.134. The first kappa shape index (κ1) is 7.40. The average Bonchev–Trinajstić information content (AvgIpc) is 1.88. The summed E-state index contributed by atoms with van der Waals surface area (Å²) in [5.74, 6) is -0.475. The Morgan fingerprint density at radius 2 is 2.40 bits per heavy atom. The van der Waals surface area contributed by atoms with Gasteiger partial charge in [-0.05, 0) is 0 Å². The number of nitrogens with one attached hydrogen (secondary N) is 1. The Labute approximate surface area is 56.3 Å². The second kappa shape index (κ2) is 2.92. The van der Waals surface area contributed by atoms with Gasteiger partial charge in [-0.15, -0.1) is 0 Å². The van der Waals surface area contributed by atoms with E-state index >= 15 is 0 Å². The molecule has 0 spiro atoms. The minimum absolute atomic E-state index is 0.0938. The Hall–Kier alpha value is -0.710. The first-order chi connectivity index (χ1) is 4.70. The predicted octanol–water partition coefficient (Wildman–Crippen LogP) is -0.233. The number of carbonyl (C=O) groups excluding carboxylic acids is 1. The molecule has 0 aromatic heterocycles. The second-order valence-electron chi connectivity index (χ2n) is 2.02. The van der Waals surface area contributed by atoms with Crippen LogP contribution in [0, 0.1) is 0 Å². The largest absolute Gasteiger partial charge is 0.369 e. The number of alkyl halides is 2. The van der Waals surface area contributed by atoms with Crippen molar-refractivity contribution in [1.82, 2.24) is 5.32 Å². The summed E-state index contributed by atoms with van der Waals surface area (Å²) >= 11 is 0. The van der Waals surface area contributed by atoms with Crippen LogP contribution in [0.2, 0.25) is 0 Å². The van der Waals surface area contributed by atoms with Crippen LogP contribution in [0.1, 0.15) is 0 Å². The summed E-state index contributed by atoms with van der Waals surface area (Å²) in [6.07, 6.45) is -2.54. The molecular formula is C5H7F2NO2. The van der Waals surface area contributed by atoms with Gasteiger partial charge in [0.1, 0.15) is 12.6 Å². The van der Waals surface area contributed by atoms with Crippen LogP contribution in [0.15, 0.2) is 0 Å². The van der Waals surface area contributed by atoms with Gasteiger partial charge in [0.25, 0.3) is 6.43 Å². The van der Waals surface area contributed by atoms with Gasteiger partial charge in [0.2, 0.25) is 5.91 Å². The van der Waals surface area contributed by atoms with Gasteiger partial charge < -0.3 is 10.1 Å². The van der Waals surface area contributed by atoms with Crippen LogP contribution in [-0.4, -0.2) is 31.6 Å². The number of amides is 1. The minimum atomic E-state index is -2.54. The molecule has 1 aliphatic heterocycles. The summed E-state index contributed by atoms with van der Waals surface area (Å²) in [5.41, 5.74) is 0. The molecule has 0 saturated carbocycles. The molecule has 3 nitrogen and oxygen atoms in total. The highest BCUT2D eigenvalue weighted by atomic mass is 19.3. The standard InChI is InChI=1S/C5H7F2NO2/c6-5(7)3-1-10-2-4(9)8-3/h3,5H,1-2H2,(H,8,9)/t3-/m0/s1. The van der Waals surface area contributed by atoms with Crippen LogP contribution >= 0.6 is 0 Å². The van der Waals surface area contributed by atoms with Gasteiger partial charge in [0, 0.05) is 0 Å². The summed E-state index contributed by atoms with van der Waals surface area (Å²) in [5, 5.41) is 2.10. The van der Waals surface area contributed by atoms with Gasteiger partial charge in [-0.3, -0.25) is 4.79 Å². The number of hydrogen-bond acceptors (Lipinski definition) is 2. The molecule has 0 aromatic rings. The molecule has 1 aliphatic rings. The maximum Gasteiger partial charge on any atom is 0.260 e. The molecule has 0 aromatic carbocycles. The van der Waals surface area contributed by atoms with Gasteiger partial charge in [-0.1, -0.05) is 0 Å². The van der Waals surface area contributed by atoms with Crippen molar-refractivity contribution in [2.45, 2.75) is 12.5 Å². The second-order valence-corrected chi connectivity index (χ2v) is 2.02. The zero-order valence-corrected chi connectivity index (χ0v) is 5.14. The van der Waals surface area contributed by atoms with Gasteiger partial charge in [-0.25, -0.2) is 8.78 Å². The third-order valence-corrected chi connectivity index (χ3v) is 1.18. The van der Waals surface area contributed by atoms with E-state index in [-0.39, 0.29) is 13.2 Å². The molecule has 1 heterocycles. The molecule has 0 bridgehead atoms. The molecule has 0 radical (unpaired) electrons. The SMILES string of the molecule is O=C1COC[C@@H](C(F)F)N1. The zero-order chi connectivity index (χ0) is 7.56. The summed E-state index contributed by atoms with van der Waals surface area (Å²) in [6, 6.07) is -1.12. The van der Waals surface area contributed by atoms with E-state index in [1.54, 1.807) is 0 Å². The fourth-order valence-corrected chi connectivity index (χ4v) is 0.704. The maximum absolute atomic E-state index is 11.8. The van der Waals surface area contributed by atoms with E-state index in [0.717, 1.165) is 0 Å². The van der Waals surface area contributed by atoms with Gasteiger partial charge in [-0.2, -0.15) is 0 Å². The van der Waals surface area contributed by atoms with Crippen LogP contribution < -0.4 is 5.32 Å². The molecule has 0 aliphatic carbocycles. The van der Waals surface area contributed by atoms with Crippen LogP contribution in [0.5, 0.6) is 0 Å². The molecule has 1 rings (SSSR count). The van der Waals surface area contributed by atoms with E-state index in [0.29, 0.717) is 0 Å². The Kier molecular flexibility index (Phi) is 2.16. The number of rotatable bonds is 1. The van der Waals surface area contributed by atoms with Gasteiger partial charge in [0.15, 0.2) is 0 Å². The maximum atomic E-state index is 11.8. The number of ether oxygens (including phenoxy) is 1. The van der Waals surface area contributed by atoms with Crippen LogP contribution in [-0.2, 0) is 9.53 Å². The van der Waals surface area contributed by atoms with Gasteiger partial charge >= 0.3 is 0 Å². The van der Waals surface area contributed by atoms with Crippen LogP contribution in [0.3, 0.4) is 0 Å². The van der Waals surface area contributed by atoms with Crippen molar-refractivity contribution < 1.29 is 18.3 Å². The summed E-state index contributed by atoms with van der Waals surface area (Å²) < 4.78 is 28.2. The predicted molar refractivity (Wildman–Crippen MR) is 28.8 cm³/mol. The third kappa shape index (κ3) is 1.63. The molecule has 1 atom stereocenters. The highest BCUT2D eigenvalue weighted by Gasteiger charge is 2.26. The van der Waals surface area contributed by atoms with Crippen molar-refractivity contribution in [3.05, 3.63) is 0 Å². The number of hydrogen-bond donors (Lipinski definition) is 1. The normalized spacial score (nSPS) is 26.7. The number of halogens is 2. The third-order valence-electron chi connectivity index (χ3n) is 1.18. The van der Waals surface area contributed by atoms with E-state index in [4.69, 9.17) is 0 Å². The first-order valence-electron chi connectivity index (χ1n) is 2.85. The lowest BCUT2D eigenvalue weighted by atomic mass is 10.3. The van der Waals surface area contributed by atoms with Crippen molar-refractivity contribution in [2.24, 2.45) is 0 Å². The average molecular weight is 151 g/mol. The van der Waals surface area contributed by atoms with Crippen molar-refractivity contribution >= 4 is 5.91 Å². The van der Waals surface area contributed by atoms with Crippen molar-refractivity contribution in [3.8, 4) is 0 Å². The van der Waals surface area contributed by atoms with Crippen LogP contribution in [0.4, 0.5) is 8.78 Å². The monoisotopic (exact) mass is 151 g/mol. The lowest BCUT2D eigenvalue weighted by Crippen LogP contribution is -2.49. The summed E-state index contributed by atoms with van der Waals surface area (Å²) in [6.45, 7) is -0.202. The Bertz CT molecular complexity index is 140. The van der Waals surface area contributed by atoms with Gasteiger partial charge in [0.05, 0.1) is 6.61 Å². The molecular weight excluding hydrogens is 144 g/mol. The fourth-order valence-electron chi connectivity index (χ4n) is 0.704. The summed E-state index contributed by atoms with van der Waals surface area (Å²) in [7, 11) is 0. The highest BCUT2D eigenvalue weighted by Crippen LogP contribution is 2.04.